The monoisotopic (exact) mass is 514 g/mol. The van der Waals surface area contributed by atoms with E-state index < -0.39 is 40.1 Å². The number of halogens is 1. The third kappa shape index (κ3) is 4.61. The Balaban J connectivity index is 1.57. The van der Waals surface area contributed by atoms with Gasteiger partial charge >= 0.3 is 5.97 Å². The number of rotatable bonds is 9. The largest absolute Gasteiger partial charge is 0.497 e. The number of likely N-dealkylation sites (tertiary alicyclic amines) is 1. The van der Waals surface area contributed by atoms with Crippen molar-refractivity contribution in [1.82, 2.24) is 9.80 Å². The summed E-state index contributed by atoms with van der Waals surface area (Å²) in [7, 11) is -0.225. The zero-order valence-electron chi connectivity index (χ0n) is 18.8. The number of ether oxygens (including phenoxy) is 2. The van der Waals surface area contributed by atoms with E-state index in [2.05, 4.69) is 6.58 Å². The molecule has 0 aromatic heterocycles. The van der Waals surface area contributed by atoms with E-state index in [1.807, 2.05) is 6.07 Å². The normalized spacial score (nSPS) is 22.9. The number of carbonyl (C=O) groups is 3. The number of alkyl halides is 1. The van der Waals surface area contributed by atoms with Gasteiger partial charge in [0.15, 0.2) is 6.04 Å². The zero-order chi connectivity index (χ0) is 25.1. The highest BCUT2D eigenvalue weighted by Crippen LogP contribution is 2.42. The Kier molecular flexibility index (Phi) is 7.37. The molecular weight excluding hydrogens is 492 g/mol. The molecule has 0 saturated carbocycles. The minimum Gasteiger partial charge on any atom is -0.497 e. The number of benzene rings is 2. The summed E-state index contributed by atoms with van der Waals surface area (Å²) in [5.41, 5.74) is 1.67. The summed E-state index contributed by atoms with van der Waals surface area (Å²) in [5.74, 6) is -0.716. The van der Waals surface area contributed by atoms with Crippen LogP contribution in [0.3, 0.4) is 0 Å². The molecule has 0 bridgehead atoms. The van der Waals surface area contributed by atoms with Crippen LogP contribution in [-0.2, 0) is 36.5 Å². The first-order valence-corrected chi connectivity index (χ1v) is 12.4. The smallest absolute Gasteiger partial charge is 0.333 e. The van der Waals surface area contributed by atoms with Gasteiger partial charge in [0.1, 0.15) is 28.8 Å². The summed E-state index contributed by atoms with van der Waals surface area (Å²) in [6.45, 7) is 3.79. The molecule has 2 amide bonds. The molecule has 2 aliphatic rings. The van der Waals surface area contributed by atoms with Gasteiger partial charge in [0.05, 0.1) is 17.9 Å². The average molecular weight is 515 g/mol. The molecule has 0 N–H and O–H groups in total. The van der Waals surface area contributed by atoms with Gasteiger partial charge in [-0.25, -0.2) is 4.79 Å². The number of carbonyl (C=O) groups excluding carboxylic acids is 3. The first kappa shape index (κ1) is 24.7. The summed E-state index contributed by atoms with van der Waals surface area (Å²) < 4.78 is 24.0. The van der Waals surface area contributed by atoms with Gasteiger partial charge in [-0.15, -0.1) is 11.6 Å². The second-order valence-corrected chi connectivity index (χ2v) is 9.70. The number of β-lactam (4-membered cyclic amide) rings is 1. The van der Waals surface area contributed by atoms with E-state index in [-0.39, 0.29) is 23.1 Å². The van der Waals surface area contributed by atoms with E-state index in [1.165, 1.54) is 4.90 Å². The third-order valence-electron chi connectivity index (χ3n) is 5.83. The second-order valence-electron chi connectivity index (χ2n) is 7.93. The van der Waals surface area contributed by atoms with Crippen molar-refractivity contribution in [3.63, 3.8) is 0 Å². The first-order chi connectivity index (χ1) is 16.9. The van der Waals surface area contributed by atoms with Gasteiger partial charge in [0.25, 0.3) is 5.91 Å². The summed E-state index contributed by atoms with van der Waals surface area (Å²) >= 11 is 5.97. The standard InChI is InChI=1S/C25H23ClN2O6S/c1-16(13-26)21(25(31)34-14-18-8-10-19(33-2)11-9-18)28-23(30)22-24(28)35(32)20(27(22)15-29)12-17-6-4-3-5-7-17/h3-12,15,21-22,24H,1,13-14H2,2H3/b20-12+/t21-,22-,24-,35?/m1/s1. The van der Waals surface area contributed by atoms with Gasteiger partial charge in [-0.2, -0.15) is 0 Å². The van der Waals surface area contributed by atoms with Gasteiger partial charge < -0.3 is 14.4 Å². The summed E-state index contributed by atoms with van der Waals surface area (Å²) in [6.07, 6.45) is 2.08. The van der Waals surface area contributed by atoms with E-state index in [9.17, 15) is 18.6 Å². The Morgan fingerprint density at radius 2 is 1.89 bits per heavy atom. The third-order valence-corrected chi connectivity index (χ3v) is 7.84. The van der Waals surface area contributed by atoms with E-state index in [1.54, 1.807) is 61.7 Å². The van der Waals surface area contributed by atoms with Crippen molar-refractivity contribution >= 4 is 46.8 Å². The number of nitrogens with zero attached hydrogens (tertiary/aromatic N) is 2. The highest BCUT2D eigenvalue weighted by molar-refractivity contribution is 7.90. The molecule has 0 radical (unpaired) electrons. The van der Waals surface area contributed by atoms with Crippen molar-refractivity contribution in [1.29, 1.82) is 0 Å². The molecule has 10 heteroatoms. The number of esters is 1. The number of methoxy groups -OCH3 is 1. The van der Waals surface area contributed by atoms with Crippen LogP contribution in [0.2, 0.25) is 0 Å². The van der Waals surface area contributed by atoms with Gasteiger partial charge in [0, 0.05) is 5.88 Å². The fourth-order valence-electron chi connectivity index (χ4n) is 4.03. The quantitative estimate of drug-likeness (QED) is 0.168. The molecule has 2 aromatic carbocycles. The summed E-state index contributed by atoms with van der Waals surface area (Å²) in [4.78, 5) is 40.4. The predicted molar refractivity (Wildman–Crippen MR) is 131 cm³/mol. The Morgan fingerprint density at radius 1 is 1.20 bits per heavy atom. The second kappa shape index (κ2) is 10.5. The Morgan fingerprint density at radius 3 is 2.49 bits per heavy atom. The summed E-state index contributed by atoms with van der Waals surface area (Å²) in [6, 6.07) is 13.8. The van der Waals surface area contributed by atoms with Crippen LogP contribution in [-0.4, -0.2) is 62.7 Å². The SMILES string of the molecule is C=C(CCl)[C@H](C(=O)OCc1ccc(OC)cc1)N1C(=O)[C@@H]2[C@H]1S(=O)/C(=C/c1ccccc1)N2C=O. The van der Waals surface area contributed by atoms with Crippen LogP contribution < -0.4 is 4.74 Å². The Bertz CT molecular complexity index is 1200. The van der Waals surface area contributed by atoms with Crippen molar-refractivity contribution < 1.29 is 28.1 Å². The molecule has 4 atom stereocenters. The number of hydrogen-bond donors (Lipinski definition) is 0. The lowest BCUT2D eigenvalue weighted by atomic mass is 9.98. The lowest BCUT2D eigenvalue weighted by Crippen LogP contribution is -2.71. The van der Waals surface area contributed by atoms with Crippen LogP contribution in [0.25, 0.3) is 6.08 Å². The molecule has 1 unspecified atom stereocenters. The Labute approximate surface area is 210 Å². The lowest BCUT2D eigenvalue weighted by molar-refractivity contribution is -0.166. The van der Waals surface area contributed by atoms with E-state index in [0.717, 1.165) is 10.5 Å². The fourth-order valence-corrected chi connectivity index (χ4v) is 5.96. The predicted octanol–water partition coefficient (Wildman–Crippen LogP) is 2.66. The van der Waals surface area contributed by atoms with E-state index in [0.29, 0.717) is 17.7 Å². The molecule has 2 aromatic rings. The van der Waals surface area contributed by atoms with Gasteiger partial charge in [-0.1, -0.05) is 49.0 Å². The molecule has 2 heterocycles. The van der Waals surface area contributed by atoms with Crippen LogP contribution >= 0.6 is 11.6 Å². The first-order valence-electron chi connectivity index (χ1n) is 10.7. The molecule has 8 nitrogen and oxygen atoms in total. The van der Waals surface area contributed by atoms with E-state index >= 15 is 0 Å². The van der Waals surface area contributed by atoms with Gasteiger partial charge in [-0.3, -0.25) is 18.7 Å². The van der Waals surface area contributed by atoms with Crippen molar-refractivity contribution in [3.05, 3.63) is 82.9 Å². The molecule has 35 heavy (non-hydrogen) atoms. The van der Waals surface area contributed by atoms with Gasteiger partial charge in [0.2, 0.25) is 6.41 Å². The fraction of sp³-hybridized carbons (Fsp3) is 0.240. The molecule has 0 aliphatic carbocycles. The lowest BCUT2D eigenvalue weighted by Gasteiger charge is -2.46. The number of amides is 2. The molecule has 0 spiro atoms. The average Bonchev–Trinajstić information content (AvgIpc) is 3.13. The minimum absolute atomic E-state index is 0.0479. The topological polar surface area (TPSA) is 93.2 Å². The molecule has 2 aliphatic heterocycles. The zero-order valence-corrected chi connectivity index (χ0v) is 20.4. The van der Waals surface area contributed by atoms with Crippen molar-refractivity contribution in [2.75, 3.05) is 13.0 Å². The molecule has 4 rings (SSSR count). The van der Waals surface area contributed by atoms with E-state index in [4.69, 9.17) is 21.1 Å². The maximum atomic E-state index is 13.4. The van der Waals surface area contributed by atoms with Crippen LogP contribution in [0.15, 0.2) is 71.8 Å². The molecule has 2 fully saturated rings. The molecule has 182 valence electrons. The maximum Gasteiger partial charge on any atom is 0.333 e. The summed E-state index contributed by atoms with van der Waals surface area (Å²) in [5, 5.41) is -0.722. The number of fused-ring (bicyclic) bond motifs is 1. The van der Waals surface area contributed by atoms with Crippen LogP contribution in [0.5, 0.6) is 5.75 Å². The van der Waals surface area contributed by atoms with Crippen LogP contribution in [0.4, 0.5) is 0 Å². The van der Waals surface area contributed by atoms with Crippen LogP contribution in [0, 0.1) is 0 Å². The van der Waals surface area contributed by atoms with Crippen molar-refractivity contribution in [3.8, 4) is 5.75 Å². The maximum absolute atomic E-state index is 13.4. The number of hydrogen-bond acceptors (Lipinski definition) is 6. The Hall–Kier alpha value is -3.43. The van der Waals surface area contributed by atoms with Crippen molar-refractivity contribution in [2.24, 2.45) is 0 Å². The van der Waals surface area contributed by atoms with Crippen molar-refractivity contribution in [2.45, 2.75) is 24.1 Å². The highest BCUT2D eigenvalue weighted by atomic mass is 35.5. The highest BCUT2D eigenvalue weighted by Gasteiger charge is 2.64. The molecule has 2 saturated heterocycles. The van der Waals surface area contributed by atoms with Gasteiger partial charge in [-0.05, 0) is 34.9 Å². The molecular formula is C25H23ClN2O6S. The van der Waals surface area contributed by atoms with Crippen LogP contribution in [0.1, 0.15) is 11.1 Å². The minimum atomic E-state index is -1.77.